The van der Waals surface area contributed by atoms with E-state index in [2.05, 4.69) is 10.2 Å². The second kappa shape index (κ2) is 5.93. The fourth-order valence-electron chi connectivity index (χ4n) is 3.86. The number of likely N-dealkylation sites (N-methyl/N-ethyl adjacent to an activating group) is 1. The smallest absolute Gasteiger partial charge is 0.264 e. The molecule has 4 heterocycles. The molecule has 7 heteroatoms. The van der Waals surface area contributed by atoms with Gasteiger partial charge in [0.25, 0.3) is 11.8 Å². The lowest BCUT2D eigenvalue weighted by atomic mass is 9.86. The van der Waals surface area contributed by atoms with E-state index in [0.717, 1.165) is 19.5 Å². The molecule has 2 amide bonds. The molecule has 0 aromatic heterocycles. The Morgan fingerprint density at radius 2 is 2.08 bits per heavy atom. The first kappa shape index (κ1) is 15.7. The number of hydrogen-bond donors (Lipinski definition) is 1. The zero-order valence-electron chi connectivity index (χ0n) is 13.5. The lowest BCUT2D eigenvalue weighted by molar-refractivity contribution is -0.121. The Balaban J connectivity index is 1.61. The molecule has 5 rings (SSSR count). The minimum atomic E-state index is -0.200. The minimum Gasteiger partial charge on any atom is -0.481 e. The van der Waals surface area contributed by atoms with Crippen molar-refractivity contribution in [2.75, 3.05) is 31.6 Å². The van der Waals surface area contributed by atoms with E-state index in [9.17, 15) is 9.59 Å². The van der Waals surface area contributed by atoms with Crippen LogP contribution in [0, 0.1) is 5.92 Å². The van der Waals surface area contributed by atoms with E-state index in [1.165, 1.54) is 17.7 Å². The number of hydrogen-bond acceptors (Lipinski definition) is 4. The van der Waals surface area contributed by atoms with Gasteiger partial charge in [-0.2, -0.15) is 0 Å². The van der Waals surface area contributed by atoms with Gasteiger partial charge in [0.15, 0.2) is 12.4 Å². The van der Waals surface area contributed by atoms with Gasteiger partial charge in [0.2, 0.25) is 0 Å². The van der Waals surface area contributed by atoms with E-state index < -0.39 is 0 Å². The highest BCUT2D eigenvalue weighted by Gasteiger charge is 2.35. The lowest BCUT2D eigenvalue weighted by Gasteiger charge is -2.45. The molecule has 3 fully saturated rings. The number of amides is 2. The van der Waals surface area contributed by atoms with Crippen LogP contribution in [-0.2, 0) is 4.79 Å². The monoisotopic (exact) mass is 349 g/mol. The maximum Gasteiger partial charge on any atom is 0.264 e. The van der Waals surface area contributed by atoms with Crippen LogP contribution in [0.5, 0.6) is 5.75 Å². The summed E-state index contributed by atoms with van der Waals surface area (Å²) in [6.07, 6.45) is 3.50. The molecule has 0 saturated carbocycles. The van der Waals surface area contributed by atoms with Gasteiger partial charge in [0, 0.05) is 25.2 Å². The number of piperidine rings is 3. The predicted molar refractivity (Wildman–Crippen MR) is 90.5 cm³/mol. The molecule has 0 spiro atoms. The molecule has 128 valence electrons. The first-order chi connectivity index (χ1) is 11.5. The molecule has 2 bridgehead atoms. The van der Waals surface area contributed by atoms with Gasteiger partial charge in [-0.3, -0.25) is 14.5 Å². The van der Waals surface area contributed by atoms with Crippen molar-refractivity contribution in [1.82, 2.24) is 10.2 Å². The normalized spacial score (nSPS) is 28.3. The van der Waals surface area contributed by atoms with Gasteiger partial charge in [-0.05, 0) is 37.3 Å². The standard InChI is InChI=1S/C17H20ClN3O3/c1-20-13-8-11(18)7-12(16(13)24-9-15(20)22)17(23)19-14-6-10-2-4-21(14)5-3-10/h7-8,10,14H,2-6,9H2,1H3,(H,19,23). The Morgan fingerprint density at radius 1 is 1.33 bits per heavy atom. The minimum absolute atomic E-state index is 0.0664. The third-order valence-corrected chi connectivity index (χ3v) is 5.52. The molecule has 6 nitrogen and oxygen atoms in total. The van der Waals surface area contributed by atoms with Crippen molar-refractivity contribution in [2.45, 2.75) is 25.4 Å². The van der Waals surface area contributed by atoms with E-state index in [4.69, 9.17) is 16.3 Å². The summed E-state index contributed by atoms with van der Waals surface area (Å²) >= 11 is 6.16. The highest BCUT2D eigenvalue weighted by molar-refractivity contribution is 6.31. The van der Waals surface area contributed by atoms with E-state index >= 15 is 0 Å². The van der Waals surface area contributed by atoms with Crippen LogP contribution in [0.25, 0.3) is 0 Å². The molecule has 24 heavy (non-hydrogen) atoms. The SMILES string of the molecule is CN1C(=O)COc2c(C(=O)NC3CC4CCN3CC4)cc(Cl)cc21. The molecule has 0 radical (unpaired) electrons. The lowest BCUT2D eigenvalue weighted by Crippen LogP contribution is -2.56. The highest BCUT2D eigenvalue weighted by atomic mass is 35.5. The molecule has 4 aliphatic heterocycles. The molecule has 1 N–H and O–H groups in total. The van der Waals surface area contributed by atoms with Gasteiger partial charge >= 0.3 is 0 Å². The van der Waals surface area contributed by atoms with Gasteiger partial charge in [0.05, 0.1) is 17.4 Å². The summed E-state index contributed by atoms with van der Waals surface area (Å²) in [5, 5.41) is 3.53. The first-order valence-electron chi connectivity index (χ1n) is 8.31. The van der Waals surface area contributed by atoms with Crippen LogP contribution < -0.4 is 15.0 Å². The van der Waals surface area contributed by atoms with Crippen LogP contribution in [0.2, 0.25) is 5.02 Å². The number of ether oxygens (including phenoxy) is 1. The largest absolute Gasteiger partial charge is 0.481 e. The summed E-state index contributed by atoms with van der Waals surface area (Å²) in [7, 11) is 1.66. The molecular formula is C17H20ClN3O3. The second-order valence-corrected chi connectivity index (χ2v) is 7.18. The van der Waals surface area contributed by atoms with E-state index in [0.29, 0.717) is 27.9 Å². The van der Waals surface area contributed by atoms with E-state index in [1.807, 2.05) is 0 Å². The predicted octanol–water partition coefficient (Wildman–Crippen LogP) is 1.87. The summed E-state index contributed by atoms with van der Waals surface area (Å²) in [6, 6.07) is 3.26. The Kier molecular flexibility index (Phi) is 3.89. The average Bonchev–Trinajstić information content (AvgIpc) is 2.59. The van der Waals surface area contributed by atoms with Crippen molar-refractivity contribution in [3.05, 3.63) is 22.7 Å². The third-order valence-electron chi connectivity index (χ3n) is 5.30. The fraction of sp³-hybridized carbons (Fsp3) is 0.529. The zero-order valence-corrected chi connectivity index (χ0v) is 14.3. The molecule has 0 aliphatic carbocycles. The van der Waals surface area contributed by atoms with Crippen LogP contribution in [0.15, 0.2) is 12.1 Å². The number of carbonyl (C=O) groups excluding carboxylic acids is 2. The third kappa shape index (κ3) is 2.63. The van der Waals surface area contributed by atoms with Crippen molar-refractivity contribution in [1.29, 1.82) is 0 Å². The second-order valence-electron chi connectivity index (χ2n) is 6.75. The maximum absolute atomic E-state index is 12.8. The number of anilines is 1. The summed E-state index contributed by atoms with van der Waals surface area (Å²) in [4.78, 5) is 28.4. The molecule has 1 aromatic carbocycles. The van der Waals surface area contributed by atoms with Gasteiger partial charge in [-0.25, -0.2) is 0 Å². The van der Waals surface area contributed by atoms with Crippen LogP contribution in [-0.4, -0.2) is 49.6 Å². The number of halogens is 1. The van der Waals surface area contributed by atoms with Crippen molar-refractivity contribution in [3.63, 3.8) is 0 Å². The number of rotatable bonds is 2. The maximum atomic E-state index is 12.8. The van der Waals surface area contributed by atoms with Crippen molar-refractivity contribution < 1.29 is 14.3 Å². The van der Waals surface area contributed by atoms with Crippen LogP contribution in [0.1, 0.15) is 29.6 Å². The zero-order chi connectivity index (χ0) is 16.8. The van der Waals surface area contributed by atoms with Crippen molar-refractivity contribution in [2.24, 2.45) is 5.92 Å². The number of nitrogens with one attached hydrogen (secondary N) is 1. The Morgan fingerprint density at radius 3 is 2.75 bits per heavy atom. The highest BCUT2D eigenvalue weighted by Crippen LogP contribution is 2.38. The summed E-state index contributed by atoms with van der Waals surface area (Å²) < 4.78 is 5.54. The Labute approximate surface area is 145 Å². The van der Waals surface area contributed by atoms with Crippen LogP contribution in [0.3, 0.4) is 0 Å². The number of nitrogens with zero attached hydrogens (tertiary/aromatic N) is 2. The van der Waals surface area contributed by atoms with Gasteiger partial charge in [-0.15, -0.1) is 0 Å². The number of carbonyl (C=O) groups is 2. The fourth-order valence-corrected chi connectivity index (χ4v) is 4.07. The quantitative estimate of drug-likeness (QED) is 0.885. The molecule has 1 atom stereocenters. The van der Waals surface area contributed by atoms with Crippen molar-refractivity contribution >= 4 is 29.1 Å². The average molecular weight is 350 g/mol. The number of benzene rings is 1. The van der Waals surface area contributed by atoms with Gasteiger partial charge < -0.3 is 15.0 Å². The van der Waals surface area contributed by atoms with Crippen LogP contribution >= 0.6 is 11.6 Å². The van der Waals surface area contributed by atoms with E-state index in [1.54, 1.807) is 19.2 Å². The van der Waals surface area contributed by atoms with Crippen molar-refractivity contribution in [3.8, 4) is 5.75 Å². The van der Waals surface area contributed by atoms with Crippen LogP contribution in [0.4, 0.5) is 5.69 Å². The molecule has 1 unspecified atom stereocenters. The topological polar surface area (TPSA) is 61.9 Å². The summed E-state index contributed by atoms with van der Waals surface area (Å²) in [5.41, 5.74) is 0.925. The van der Waals surface area contributed by atoms with Gasteiger partial charge in [0.1, 0.15) is 0 Å². The Bertz CT molecular complexity index is 701. The Hall–Kier alpha value is -1.79. The molecule has 3 saturated heterocycles. The molecule has 4 aliphatic rings. The van der Waals surface area contributed by atoms with E-state index in [-0.39, 0.29) is 24.6 Å². The molecule has 1 aromatic rings. The summed E-state index contributed by atoms with van der Waals surface area (Å²) in [6.45, 7) is 2.01. The first-order valence-corrected chi connectivity index (χ1v) is 8.68. The number of fused-ring (bicyclic) bond motifs is 4. The summed E-state index contributed by atoms with van der Waals surface area (Å²) in [5.74, 6) is 0.768. The van der Waals surface area contributed by atoms with Gasteiger partial charge in [-0.1, -0.05) is 11.6 Å². The molecular weight excluding hydrogens is 330 g/mol.